The Morgan fingerprint density at radius 2 is 1.57 bits per heavy atom. The monoisotopic (exact) mass is 523 g/mol. The van der Waals surface area contributed by atoms with E-state index in [9.17, 15) is 18.0 Å². The number of methoxy groups -OCH3 is 1. The summed E-state index contributed by atoms with van der Waals surface area (Å²) in [6.07, 6.45) is 0.359. The molecule has 0 spiro atoms. The summed E-state index contributed by atoms with van der Waals surface area (Å²) in [6, 6.07) is 21.4. The molecular weight excluding hydrogens is 490 g/mol. The van der Waals surface area contributed by atoms with Crippen molar-refractivity contribution >= 4 is 27.5 Å². The van der Waals surface area contributed by atoms with Crippen LogP contribution in [0.2, 0.25) is 0 Å². The maximum absolute atomic E-state index is 13.8. The predicted molar refractivity (Wildman–Crippen MR) is 144 cm³/mol. The van der Waals surface area contributed by atoms with Gasteiger partial charge in [0.15, 0.2) is 0 Å². The molecule has 0 aliphatic carbocycles. The number of amides is 2. The number of aryl methyl sites for hydroxylation is 1. The minimum atomic E-state index is -4.07. The second kappa shape index (κ2) is 12.4. The molecule has 9 heteroatoms. The van der Waals surface area contributed by atoms with Gasteiger partial charge >= 0.3 is 0 Å². The van der Waals surface area contributed by atoms with Crippen molar-refractivity contribution in [3.8, 4) is 5.75 Å². The number of ether oxygens (including phenoxy) is 1. The van der Waals surface area contributed by atoms with Gasteiger partial charge in [0.05, 0.1) is 17.7 Å². The molecule has 0 saturated carbocycles. The molecule has 0 aliphatic heterocycles. The molecule has 37 heavy (non-hydrogen) atoms. The highest BCUT2D eigenvalue weighted by Crippen LogP contribution is 2.25. The molecule has 196 valence electrons. The largest absolute Gasteiger partial charge is 0.497 e. The minimum absolute atomic E-state index is 0.0785. The lowest BCUT2D eigenvalue weighted by Crippen LogP contribution is -2.51. The molecule has 1 atom stereocenters. The zero-order chi connectivity index (χ0) is 27.0. The predicted octanol–water partition coefficient (Wildman–Crippen LogP) is 3.75. The Morgan fingerprint density at radius 3 is 2.11 bits per heavy atom. The third kappa shape index (κ3) is 6.68. The molecule has 0 bridgehead atoms. The maximum atomic E-state index is 13.8. The molecule has 3 aromatic rings. The van der Waals surface area contributed by atoms with E-state index in [-0.39, 0.29) is 17.3 Å². The lowest BCUT2D eigenvalue weighted by molar-refractivity contribution is -0.140. The van der Waals surface area contributed by atoms with Gasteiger partial charge in [-0.1, -0.05) is 55.0 Å². The number of anilines is 1. The first-order valence-electron chi connectivity index (χ1n) is 12.0. The number of carbonyl (C=O) groups is 2. The van der Waals surface area contributed by atoms with Gasteiger partial charge in [-0.05, 0) is 55.3 Å². The number of rotatable bonds is 11. The third-order valence-electron chi connectivity index (χ3n) is 6.08. The summed E-state index contributed by atoms with van der Waals surface area (Å²) in [4.78, 5) is 28.1. The summed E-state index contributed by atoms with van der Waals surface area (Å²) in [7, 11) is -0.992. The van der Waals surface area contributed by atoms with Crippen LogP contribution >= 0.6 is 0 Å². The standard InChI is InChI=1S/C28H33N3O5S/c1-5-26(28(33)29-3)30(19-22-13-15-24(36-4)16-14-22)27(32)20-31(23-9-7-6-8-10-23)37(34,35)25-17-11-21(2)12-18-25/h6-18,26H,5,19-20H2,1-4H3,(H,29,33)/t26-/m0/s1. The van der Waals surface area contributed by atoms with Crippen LogP contribution in [0.5, 0.6) is 5.75 Å². The third-order valence-corrected chi connectivity index (χ3v) is 7.86. The normalized spacial score (nSPS) is 11.9. The first-order valence-corrected chi connectivity index (χ1v) is 13.4. The molecule has 8 nitrogen and oxygen atoms in total. The number of para-hydroxylation sites is 1. The fourth-order valence-electron chi connectivity index (χ4n) is 3.97. The molecule has 0 radical (unpaired) electrons. The van der Waals surface area contributed by atoms with E-state index < -0.39 is 28.5 Å². The van der Waals surface area contributed by atoms with E-state index in [1.165, 1.54) is 24.1 Å². The second-order valence-electron chi connectivity index (χ2n) is 8.57. The lowest BCUT2D eigenvalue weighted by Gasteiger charge is -2.33. The van der Waals surface area contributed by atoms with Crippen molar-refractivity contribution in [2.75, 3.05) is 25.0 Å². The van der Waals surface area contributed by atoms with Gasteiger partial charge in [0.2, 0.25) is 11.8 Å². The van der Waals surface area contributed by atoms with Crippen LogP contribution in [0.25, 0.3) is 0 Å². The van der Waals surface area contributed by atoms with Crippen molar-refractivity contribution < 1.29 is 22.7 Å². The molecule has 0 unspecified atom stereocenters. The topological polar surface area (TPSA) is 96.0 Å². The molecular formula is C28H33N3O5S. The number of sulfonamides is 1. The smallest absolute Gasteiger partial charge is 0.264 e. The average molecular weight is 524 g/mol. The van der Waals surface area contributed by atoms with Crippen LogP contribution in [0.1, 0.15) is 24.5 Å². The van der Waals surface area contributed by atoms with E-state index in [4.69, 9.17) is 4.74 Å². The highest BCUT2D eigenvalue weighted by molar-refractivity contribution is 7.92. The maximum Gasteiger partial charge on any atom is 0.264 e. The molecule has 3 aromatic carbocycles. The van der Waals surface area contributed by atoms with Crippen molar-refractivity contribution in [1.29, 1.82) is 0 Å². The van der Waals surface area contributed by atoms with E-state index in [2.05, 4.69) is 5.32 Å². The van der Waals surface area contributed by atoms with E-state index in [0.29, 0.717) is 17.9 Å². The highest BCUT2D eigenvalue weighted by atomic mass is 32.2. The Labute approximate surface area is 218 Å². The number of nitrogens with one attached hydrogen (secondary N) is 1. The van der Waals surface area contributed by atoms with Gasteiger partial charge in [-0.2, -0.15) is 0 Å². The molecule has 3 rings (SSSR count). The minimum Gasteiger partial charge on any atom is -0.497 e. The highest BCUT2D eigenvalue weighted by Gasteiger charge is 2.33. The zero-order valence-corrected chi connectivity index (χ0v) is 22.4. The Bertz CT molecular complexity index is 1290. The number of nitrogens with zero attached hydrogens (tertiary/aromatic N) is 2. The van der Waals surface area contributed by atoms with Gasteiger partial charge < -0.3 is 15.0 Å². The van der Waals surface area contributed by atoms with E-state index in [0.717, 1.165) is 15.4 Å². The molecule has 1 N–H and O–H groups in total. The van der Waals surface area contributed by atoms with E-state index in [1.807, 2.05) is 26.0 Å². The molecule has 0 fully saturated rings. The van der Waals surface area contributed by atoms with Gasteiger partial charge in [-0.25, -0.2) is 8.42 Å². The first kappa shape index (κ1) is 27.7. The Morgan fingerprint density at radius 1 is 0.946 bits per heavy atom. The quantitative estimate of drug-likeness (QED) is 0.413. The summed E-state index contributed by atoms with van der Waals surface area (Å²) in [6.45, 7) is 3.34. The Kier molecular flexibility index (Phi) is 9.30. The van der Waals surface area contributed by atoms with Crippen molar-refractivity contribution in [3.63, 3.8) is 0 Å². The second-order valence-corrected chi connectivity index (χ2v) is 10.4. The number of carbonyl (C=O) groups excluding carboxylic acids is 2. The fourth-order valence-corrected chi connectivity index (χ4v) is 5.39. The fraction of sp³-hybridized carbons (Fsp3) is 0.286. The SMILES string of the molecule is CC[C@@H](C(=O)NC)N(Cc1ccc(OC)cc1)C(=O)CN(c1ccccc1)S(=O)(=O)c1ccc(C)cc1. The van der Waals surface area contributed by atoms with Crippen LogP contribution in [0, 0.1) is 6.92 Å². The van der Waals surface area contributed by atoms with Gasteiger partial charge in [-0.15, -0.1) is 0 Å². The van der Waals surface area contributed by atoms with Gasteiger partial charge in [-0.3, -0.25) is 13.9 Å². The Hall–Kier alpha value is -3.85. The van der Waals surface area contributed by atoms with Crippen LogP contribution in [0.4, 0.5) is 5.69 Å². The van der Waals surface area contributed by atoms with Gasteiger partial charge in [0, 0.05) is 13.6 Å². The van der Waals surface area contributed by atoms with Crippen LogP contribution in [0.3, 0.4) is 0 Å². The van der Waals surface area contributed by atoms with Gasteiger partial charge in [0.25, 0.3) is 10.0 Å². The van der Waals surface area contributed by atoms with Crippen molar-refractivity contribution in [2.45, 2.75) is 37.8 Å². The number of hydrogen-bond acceptors (Lipinski definition) is 5. The number of likely N-dealkylation sites (N-methyl/N-ethyl adjacent to an activating group) is 1. The molecule has 0 aliphatic rings. The lowest BCUT2D eigenvalue weighted by atomic mass is 10.1. The van der Waals surface area contributed by atoms with Crippen LogP contribution < -0.4 is 14.4 Å². The molecule has 0 aromatic heterocycles. The van der Waals surface area contributed by atoms with Crippen LogP contribution in [-0.2, 0) is 26.2 Å². The summed E-state index contributed by atoms with van der Waals surface area (Å²) in [5, 5.41) is 2.62. The zero-order valence-electron chi connectivity index (χ0n) is 21.5. The summed E-state index contributed by atoms with van der Waals surface area (Å²) in [5.41, 5.74) is 2.06. The number of benzene rings is 3. The summed E-state index contributed by atoms with van der Waals surface area (Å²) >= 11 is 0. The molecule has 0 saturated heterocycles. The van der Waals surface area contributed by atoms with E-state index in [1.54, 1.807) is 61.7 Å². The molecule has 0 heterocycles. The van der Waals surface area contributed by atoms with Gasteiger partial charge in [0.1, 0.15) is 18.3 Å². The number of hydrogen-bond donors (Lipinski definition) is 1. The summed E-state index contributed by atoms with van der Waals surface area (Å²) in [5.74, 6) is -0.151. The van der Waals surface area contributed by atoms with Crippen LogP contribution in [0.15, 0.2) is 83.8 Å². The molecule has 2 amide bonds. The van der Waals surface area contributed by atoms with E-state index >= 15 is 0 Å². The Balaban J connectivity index is 2.01. The summed E-state index contributed by atoms with van der Waals surface area (Å²) < 4.78 is 33.8. The average Bonchev–Trinajstić information content (AvgIpc) is 2.92. The van der Waals surface area contributed by atoms with Crippen molar-refractivity contribution in [3.05, 3.63) is 90.0 Å². The first-order chi connectivity index (χ1) is 17.7. The van der Waals surface area contributed by atoms with Crippen molar-refractivity contribution in [2.24, 2.45) is 0 Å². The van der Waals surface area contributed by atoms with Crippen LogP contribution in [-0.4, -0.2) is 51.9 Å². The van der Waals surface area contributed by atoms with Crippen molar-refractivity contribution in [1.82, 2.24) is 10.2 Å².